The zero-order valence-electron chi connectivity index (χ0n) is 9.56. The monoisotopic (exact) mass is 240 g/mol. The van der Waals surface area contributed by atoms with Crippen LogP contribution in [0.3, 0.4) is 0 Å². The highest BCUT2D eigenvalue weighted by molar-refractivity contribution is 7.13. The van der Waals surface area contributed by atoms with E-state index < -0.39 is 5.60 Å². The van der Waals surface area contributed by atoms with Crippen LogP contribution < -0.4 is 0 Å². The van der Waals surface area contributed by atoms with Crippen LogP contribution in [0.25, 0.3) is 0 Å². The first-order valence-corrected chi connectivity index (χ1v) is 6.24. The molecule has 1 saturated heterocycles. The quantitative estimate of drug-likeness (QED) is 0.808. The van der Waals surface area contributed by atoms with Gasteiger partial charge in [-0.05, 0) is 26.7 Å². The number of aromatic nitrogens is 1. The third kappa shape index (κ3) is 2.41. The summed E-state index contributed by atoms with van der Waals surface area (Å²) in [5.74, 6) is 0.0427. The van der Waals surface area contributed by atoms with Crippen molar-refractivity contribution in [3.05, 3.63) is 16.1 Å². The number of aliphatic hydroxyl groups is 1. The van der Waals surface area contributed by atoms with Gasteiger partial charge in [0.2, 0.25) is 0 Å². The third-order valence-electron chi connectivity index (χ3n) is 2.96. The summed E-state index contributed by atoms with van der Waals surface area (Å²) in [5.41, 5.74) is -0.611. The number of hydrogen-bond acceptors (Lipinski definition) is 4. The van der Waals surface area contributed by atoms with Gasteiger partial charge in [0.15, 0.2) is 0 Å². The number of carbonyl (C=O) groups excluding carboxylic acids is 1. The second-order valence-electron chi connectivity index (χ2n) is 4.53. The molecule has 0 radical (unpaired) electrons. The maximum absolute atomic E-state index is 12.0. The fourth-order valence-electron chi connectivity index (χ4n) is 1.81. The van der Waals surface area contributed by atoms with Gasteiger partial charge in [0.25, 0.3) is 5.91 Å². The molecule has 0 atom stereocenters. The molecule has 1 aliphatic heterocycles. The predicted octanol–water partition coefficient (Wildman–Crippen LogP) is 1.44. The van der Waals surface area contributed by atoms with Crippen LogP contribution in [0, 0.1) is 6.92 Å². The molecule has 1 N–H and O–H groups in total. The summed E-state index contributed by atoms with van der Waals surface area (Å²) in [6, 6.07) is 0. The Labute approximate surface area is 98.9 Å². The number of piperidine rings is 1. The summed E-state index contributed by atoms with van der Waals surface area (Å²) in [7, 11) is 0. The van der Waals surface area contributed by atoms with Gasteiger partial charge in [-0.2, -0.15) is 0 Å². The largest absolute Gasteiger partial charge is 0.390 e. The lowest BCUT2D eigenvalue weighted by atomic mass is 9.94. The van der Waals surface area contributed by atoms with E-state index in [1.807, 2.05) is 13.8 Å². The summed E-state index contributed by atoms with van der Waals surface area (Å²) in [4.78, 5) is 18.6. The first-order valence-electron chi connectivity index (χ1n) is 5.42. The van der Waals surface area contributed by atoms with Gasteiger partial charge in [-0.15, -0.1) is 11.3 Å². The molecule has 0 spiro atoms. The van der Waals surface area contributed by atoms with Crippen LogP contribution in [-0.4, -0.2) is 39.6 Å². The van der Waals surface area contributed by atoms with Crippen molar-refractivity contribution >= 4 is 17.2 Å². The Hall–Kier alpha value is -0.940. The molecule has 1 aromatic rings. The smallest absolute Gasteiger partial charge is 0.265 e. The number of thiazole rings is 1. The maximum atomic E-state index is 12.0. The molecule has 1 amide bonds. The summed E-state index contributed by atoms with van der Waals surface area (Å²) in [5, 5.41) is 10.7. The Morgan fingerprint density at radius 2 is 2.19 bits per heavy atom. The summed E-state index contributed by atoms with van der Waals surface area (Å²) >= 11 is 1.42. The van der Waals surface area contributed by atoms with Crippen LogP contribution in [0.15, 0.2) is 6.20 Å². The number of amides is 1. The van der Waals surface area contributed by atoms with E-state index in [1.54, 1.807) is 11.1 Å². The highest BCUT2D eigenvalue weighted by Crippen LogP contribution is 2.23. The normalized spacial score (nSPS) is 19.8. The molecule has 88 valence electrons. The number of likely N-dealkylation sites (tertiary alicyclic amines) is 1. The van der Waals surface area contributed by atoms with Crippen molar-refractivity contribution in [1.82, 2.24) is 9.88 Å². The van der Waals surface area contributed by atoms with Crippen molar-refractivity contribution in [2.24, 2.45) is 0 Å². The lowest BCUT2D eigenvalue weighted by Crippen LogP contribution is -2.44. The number of nitrogens with zero attached hydrogens (tertiary/aromatic N) is 2. The van der Waals surface area contributed by atoms with Crippen molar-refractivity contribution in [2.45, 2.75) is 32.3 Å². The molecule has 16 heavy (non-hydrogen) atoms. The average molecular weight is 240 g/mol. The fraction of sp³-hybridized carbons (Fsp3) is 0.636. The molecule has 4 nitrogen and oxygen atoms in total. The summed E-state index contributed by atoms with van der Waals surface area (Å²) in [6.45, 7) is 4.97. The third-order valence-corrected chi connectivity index (χ3v) is 3.86. The van der Waals surface area contributed by atoms with E-state index >= 15 is 0 Å². The Kier molecular flexibility index (Phi) is 2.99. The standard InChI is InChI=1S/C11H16N2O2S/c1-8-12-7-9(16-8)10(14)13-5-3-11(2,15)4-6-13/h7,15H,3-6H2,1-2H3. The second-order valence-corrected chi connectivity index (χ2v) is 5.77. The number of aryl methyl sites for hydroxylation is 1. The van der Waals surface area contributed by atoms with Crippen LogP contribution in [-0.2, 0) is 0 Å². The summed E-state index contributed by atoms with van der Waals surface area (Å²) in [6.07, 6.45) is 2.93. The van der Waals surface area contributed by atoms with Gasteiger partial charge >= 0.3 is 0 Å². The zero-order valence-corrected chi connectivity index (χ0v) is 10.4. The van der Waals surface area contributed by atoms with Crippen molar-refractivity contribution < 1.29 is 9.90 Å². The van der Waals surface area contributed by atoms with Gasteiger partial charge in [-0.25, -0.2) is 4.98 Å². The number of carbonyl (C=O) groups is 1. The molecule has 0 saturated carbocycles. The van der Waals surface area contributed by atoms with E-state index in [0.717, 1.165) is 5.01 Å². The van der Waals surface area contributed by atoms with Crippen LogP contribution in [0.5, 0.6) is 0 Å². The van der Waals surface area contributed by atoms with Crippen molar-refractivity contribution in [3.8, 4) is 0 Å². The molecule has 1 aromatic heterocycles. The van der Waals surface area contributed by atoms with Crippen molar-refractivity contribution in [3.63, 3.8) is 0 Å². The molecular formula is C11H16N2O2S. The average Bonchev–Trinajstić information content (AvgIpc) is 2.64. The van der Waals surface area contributed by atoms with Gasteiger partial charge in [-0.1, -0.05) is 0 Å². The molecule has 0 aromatic carbocycles. The van der Waals surface area contributed by atoms with Crippen molar-refractivity contribution in [1.29, 1.82) is 0 Å². The SMILES string of the molecule is Cc1ncc(C(=O)N2CCC(C)(O)CC2)s1. The highest BCUT2D eigenvalue weighted by atomic mass is 32.1. The van der Waals surface area contributed by atoms with Crippen LogP contribution in [0.4, 0.5) is 0 Å². The lowest BCUT2D eigenvalue weighted by Gasteiger charge is -2.35. The highest BCUT2D eigenvalue weighted by Gasteiger charge is 2.30. The molecule has 0 aliphatic carbocycles. The zero-order chi connectivity index (χ0) is 11.8. The molecule has 0 bridgehead atoms. The Bertz CT molecular complexity index is 390. The molecule has 0 unspecified atom stereocenters. The van der Waals surface area contributed by atoms with Gasteiger partial charge in [-0.3, -0.25) is 4.79 Å². The molecule has 2 rings (SSSR count). The first-order chi connectivity index (χ1) is 7.48. The molecule has 1 fully saturated rings. The Morgan fingerprint density at radius 3 is 2.69 bits per heavy atom. The molecule has 2 heterocycles. The number of hydrogen-bond donors (Lipinski definition) is 1. The minimum Gasteiger partial charge on any atom is -0.390 e. The Morgan fingerprint density at radius 1 is 1.56 bits per heavy atom. The lowest BCUT2D eigenvalue weighted by molar-refractivity contribution is -0.00188. The molecule has 1 aliphatic rings. The van der Waals surface area contributed by atoms with Crippen LogP contribution in [0.2, 0.25) is 0 Å². The number of rotatable bonds is 1. The first kappa shape index (κ1) is 11.5. The second kappa shape index (κ2) is 4.14. The maximum Gasteiger partial charge on any atom is 0.265 e. The molecular weight excluding hydrogens is 224 g/mol. The molecule has 5 heteroatoms. The van der Waals surface area contributed by atoms with E-state index in [0.29, 0.717) is 30.8 Å². The van der Waals surface area contributed by atoms with Crippen LogP contribution in [0.1, 0.15) is 34.4 Å². The topological polar surface area (TPSA) is 53.4 Å². The predicted molar refractivity (Wildman–Crippen MR) is 62.6 cm³/mol. The van der Waals surface area contributed by atoms with Gasteiger partial charge in [0.05, 0.1) is 16.8 Å². The van der Waals surface area contributed by atoms with E-state index in [1.165, 1.54) is 11.3 Å². The fourth-order valence-corrected chi connectivity index (χ4v) is 2.55. The van der Waals surface area contributed by atoms with Crippen LogP contribution >= 0.6 is 11.3 Å². The van der Waals surface area contributed by atoms with Gasteiger partial charge in [0, 0.05) is 13.1 Å². The Balaban J connectivity index is 2.02. The van der Waals surface area contributed by atoms with E-state index in [-0.39, 0.29) is 5.91 Å². The van der Waals surface area contributed by atoms with E-state index in [9.17, 15) is 9.90 Å². The van der Waals surface area contributed by atoms with Gasteiger partial charge in [0.1, 0.15) is 4.88 Å². The minimum absolute atomic E-state index is 0.0427. The van der Waals surface area contributed by atoms with Crippen molar-refractivity contribution in [2.75, 3.05) is 13.1 Å². The minimum atomic E-state index is -0.611. The summed E-state index contributed by atoms with van der Waals surface area (Å²) < 4.78 is 0. The van der Waals surface area contributed by atoms with E-state index in [4.69, 9.17) is 0 Å². The van der Waals surface area contributed by atoms with E-state index in [2.05, 4.69) is 4.98 Å². The van der Waals surface area contributed by atoms with Gasteiger partial charge < -0.3 is 10.0 Å².